The molecule has 6 nitrogen and oxygen atoms in total. The molecule has 1 aromatic heterocycles. The highest BCUT2D eigenvalue weighted by atomic mass is 16.3. The molecule has 122 valence electrons. The molecule has 23 heavy (non-hydrogen) atoms. The fourth-order valence-electron chi connectivity index (χ4n) is 3.11. The van der Waals surface area contributed by atoms with Gasteiger partial charge in [0.1, 0.15) is 5.69 Å². The number of aryl methyl sites for hydroxylation is 1. The van der Waals surface area contributed by atoms with Crippen LogP contribution in [0.5, 0.6) is 0 Å². The lowest BCUT2D eigenvalue weighted by molar-refractivity contribution is -0.132. The maximum atomic E-state index is 12.5. The first-order chi connectivity index (χ1) is 11.3. The smallest absolute Gasteiger partial charge is 0.223 e. The third-order valence-corrected chi connectivity index (χ3v) is 4.31. The second-order valence-electron chi connectivity index (χ2n) is 5.96. The second-order valence-corrected chi connectivity index (χ2v) is 5.96. The molecule has 0 aliphatic carbocycles. The van der Waals surface area contributed by atoms with Gasteiger partial charge in [0.05, 0.1) is 25.4 Å². The van der Waals surface area contributed by atoms with Crippen molar-refractivity contribution in [3.63, 3.8) is 0 Å². The Hall–Kier alpha value is -2.21. The van der Waals surface area contributed by atoms with Crippen LogP contribution in [0.3, 0.4) is 0 Å². The first kappa shape index (κ1) is 15.7. The molecule has 1 aliphatic heterocycles. The number of benzene rings is 1. The molecule has 6 heteroatoms. The monoisotopic (exact) mass is 314 g/mol. The summed E-state index contributed by atoms with van der Waals surface area (Å²) in [5, 5.41) is 16.9. The maximum absolute atomic E-state index is 12.5. The Bertz CT molecular complexity index is 641. The number of aromatic nitrogens is 3. The van der Waals surface area contributed by atoms with Gasteiger partial charge in [-0.25, -0.2) is 0 Å². The number of likely N-dealkylation sites (tertiary alicyclic amines) is 1. The van der Waals surface area contributed by atoms with Crippen molar-refractivity contribution in [2.45, 2.75) is 44.9 Å². The van der Waals surface area contributed by atoms with Gasteiger partial charge in [0.15, 0.2) is 0 Å². The van der Waals surface area contributed by atoms with Gasteiger partial charge in [-0.3, -0.25) is 9.48 Å². The molecule has 1 aromatic carbocycles. The molecule has 0 bridgehead atoms. The van der Waals surface area contributed by atoms with Gasteiger partial charge in [-0.2, -0.15) is 0 Å². The van der Waals surface area contributed by atoms with Crippen molar-refractivity contribution >= 4 is 5.91 Å². The summed E-state index contributed by atoms with van der Waals surface area (Å²) in [4.78, 5) is 14.5. The molecular weight excluding hydrogens is 292 g/mol. The number of hydrogen-bond acceptors (Lipinski definition) is 4. The number of carbonyl (C=O) groups excluding carboxylic acids is 1. The van der Waals surface area contributed by atoms with Gasteiger partial charge in [0, 0.05) is 13.0 Å². The summed E-state index contributed by atoms with van der Waals surface area (Å²) in [5.74, 6) is 0.207. The molecule has 1 fully saturated rings. The van der Waals surface area contributed by atoms with Crippen molar-refractivity contribution in [1.29, 1.82) is 0 Å². The fourth-order valence-corrected chi connectivity index (χ4v) is 3.11. The lowest BCUT2D eigenvalue weighted by Crippen LogP contribution is -2.38. The standard InChI is InChI=1S/C17H22N4O2/c22-13-15-11-20(19-18-15)12-16-7-4-10-21(16)17(23)9-8-14-5-2-1-3-6-14/h1-3,5-6,11,16,22H,4,7-10,12-13H2/t16-/m0/s1. The molecule has 1 saturated heterocycles. The maximum Gasteiger partial charge on any atom is 0.223 e. The predicted octanol–water partition coefficient (Wildman–Crippen LogP) is 1.39. The quantitative estimate of drug-likeness (QED) is 0.875. The van der Waals surface area contributed by atoms with Crippen molar-refractivity contribution in [1.82, 2.24) is 19.9 Å². The Morgan fingerprint density at radius 3 is 2.87 bits per heavy atom. The topological polar surface area (TPSA) is 71.2 Å². The molecule has 0 spiro atoms. The van der Waals surface area contributed by atoms with Crippen LogP contribution in [-0.4, -0.2) is 43.5 Å². The van der Waals surface area contributed by atoms with Crippen molar-refractivity contribution in [3.8, 4) is 0 Å². The number of aliphatic hydroxyl groups is 1. The summed E-state index contributed by atoms with van der Waals surface area (Å²) in [6.07, 6.45) is 5.08. The third kappa shape index (κ3) is 3.96. The lowest BCUT2D eigenvalue weighted by Gasteiger charge is -2.24. The number of aliphatic hydroxyl groups excluding tert-OH is 1. The van der Waals surface area contributed by atoms with Crippen LogP contribution >= 0.6 is 0 Å². The van der Waals surface area contributed by atoms with Crippen LogP contribution in [-0.2, 0) is 24.4 Å². The fraction of sp³-hybridized carbons (Fsp3) is 0.471. The van der Waals surface area contributed by atoms with E-state index in [0.717, 1.165) is 25.8 Å². The number of carbonyl (C=O) groups is 1. The minimum atomic E-state index is -0.107. The largest absolute Gasteiger partial charge is 0.390 e. The van der Waals surface area contributed by atoms with E-state index in [9.17, 15) is 4.79 Å². The molecule has 0 saturated carbocycles. The van der Waals surface area contributed by atoms with E-state index in [1.165, 1.54) is 5.56 Å². The van der Waals surface area contributed by atoms with Crippen LogP contribution in [0, 0.1) is 0 Å². The molecule has 1 amide bonds. The number of nitrogens with zero attached hydrogens (tertiary/aromatic N) is 4. The van der Waals surface area contributed by atoms with Gasteiger partial charge in [-0.05, 0) is 24.8 Å². The highest BCUT2D eigenvalue weighted by Crippen LogP contribution is 2.20. The Kier molecular flexibility index (Phi) is 5.02. The molecule has 0 unspecified atom stereocenters. The van der Waals surface area contributed by atoms with Gasteiger partial charge in [-0.15, -0.1) is 5.10 Å². The molecule has 1 atom stereocenters. The molecular formula is C17H22N4O2. The zero-order chi connectivity index (χ0) is 16.1. The first-order valence-electron chi connectivity index (χ1n) is 8.09. The highest BCUT2D eigenvalue weighted by Gasteiger charge is 2.28. The van der Waals surface area contributed by atoms with E-state index >= 15 is 0 Å². The van der Waals surface area contributed by atoms with Gasteiger partial charge in [0.2, 0.25) is 5.91 Å². The van der Waals surface area contributed by atoms with Gasteiger partial charge in [-0.1, -0.05) is 35.5 Å². The molecule has 1 aliphatic rings. The zero-order valence-electron chi connectivity index (χ0n) is 13.1. The summed E-state index contributed by atoms with van der Waals surface area (Å²) >= 11 is 0. The molecule has 2 aromatic rings. The molecule has 1 N–H and O–H groups in total. The molecule has 0 radical (unpaired) electrons. The Morgan fingerprint density at radius 2 is 2.13 bits per heavy atom. The van der Waals surface area contributed by atoms with E-state index in [0.29, 0.717) is 18.7 Å². The van der Waals surface area contributed by atoms with E-state index in [2.05, 4.69) is 22.4 Å². The first-order valence-corrected chi connectivity index (χ1v) is 8.09. The summed E-state index contributed by atoms with van der Waals surface area (Å²) in [6.45, 7) is 1.36. The van der Waals surface area contributed by atoms with Crippen LogP contribution in [0.1, 0.15) is 30.5 Å². The van der Waals surface area contributed by atoms with Crippen molar-refractivity contribution in [2.75, 3.05) is 6.54 Å². The number of rotatable bonds is 6. The number of amides is 1. The number of hydrogen-bond donors (Lipinski definition) is 1. The van der Waals surface area contributed by atoms with E-state index in [-0.39, 0.29) is 18.6 Å². The van der Waals surface area contributed by atoms with Crippen LogP contribution in [0.25, 0.3) is 0 Å². The summed E-state index contributed by atoms with van der Waals surface area (Å²) in [7, 11) is 0. The molecule has 2 heterocycles. The molecule has 3 rings (SSSR count). The Morgan fingerprint density at radius 1 is 1.30 bits per heavy atom. The van der Waals surface area contributed by atoms with E-state index in [1.807, 2.05) is 23.1 Å². The van der Waals surface area contributed by atoms with Crippen molar-refractivity contribution in [2.24, 2.45) is 0 Å². The van der Waals surface area contributed by atoms with E-state index < -0.39 is 0 Å². The van der Waals surface area contributed by atoms with Gasteiger partial charge < -0.3 is 10.0 Å². The lowest BCUT2D eigenvalue weighted by atomic mass is 10.1. The zero-order valence-corrected chi connectivity index (χ0v) is 13.1. The average Bonchev–Trinajstić information content (AvgIpc) is 3.23. The van der Waals surface area contributed by atoms with Crippen molar-refractivity contribution < 1.29 is 9.90 Å². The summed E-state index contributed by atoms with van der Waals surface area (Å²) in [5.41, 5.74) is 1.76. The van der Waals surface area contributed by atoms with Crippen LogP contribution < -0.4 is 0 Å². The van der Waals surface area contributed by atoms with Crippen LogP contribution in [0.4, 0.5) is 0 Å². The second kappa shape index (κ2) is 7.37. The van der Waals surface area contributed by atoms with Crippen LogP contribution in [0.15, 0.2) is 36.5 Å². The van der Waals surface area contributed by atoms with Gasteiger partial charge >= 0.3 is 0 Å². The van der Waals surface area contributed by atoms with E-state index in [4.69, 9.17) is 5.11 Å². The average molecular weight is 314 g/mol. The Labute approximate surface area is 135 Å². The van der Waals surface area contributed by atoms with Crippen LogP contribution in [0.2, 0.25) is 0 Å². The van der Waals surface area contributed by atoms with Gasteiger partial charge in [0.25, 0.3) is 0 Å². The summed E-state index contributed by atoms with van der Waals surface area (Å²) in [6, 6.07) is 10.3. The van der Waals surface area contributed by atoms with E-state index in [1.54, 1.807) is 10.9 Å². The predicted molar refractivity (Wildman–Crippen MR) is 85.4 cm³/mol. The third-order valence-electron chi connectivity index (χ3n) is 4.31. The van der Waals surface area contributed by atoms with Crippen molar-refractivity contribution in [3.05, 3.63) is 47.8 Å². The highest BCUT2D eigenvalue weighted by molar-refractivity contribution is 5.77. The minimum absolute atomic E-state index is 0.107. The summed E-state index contributed by atoms with van der Waals surface area (Å²) < 4.78 is 1.72. The normalized spacial score (nSPS) is 17.6. The SMILES string of the molecule is O=C(CCc1ccccc1)N1CCC[C@H]1Cn1cc(CO)nn1. The Balaban J connectivity index is 1.56. The minimum Gasteiger partial charge on any atom is -0.390 e.